The second kappa shape index (κ2) is 8.23. The van der Waals surface area contributed by atoms with E-state index < -0.39 is 0 Å². The molecule has 0 aliphatic heterocycles. The largest absolute Gasteiger partial charge is 0.354 e. The van der Waals surface area contributed by atoms with Crippen molar-refractivity contribution >= 4 is 0 Å². The summed E-state index contributed by atoms with van der Waals surface area (Å²) in [5, 5.41) is 3.40. The van der Waals surface area contributed by atoms with Crippen LogP contribution in [0.1, 0.15) is 18.9 Å². The third kappa shape index (κ3) is 4.86. The SMILES string of the molecule is CCNC(CCc1ccccc1)C(OC)OC. The number of methoxy groups -OCH3 is 2. The van der Waals surface area contributed by atoms with Gasteiger partial charge in [-0.25, -0.2) is 0 Å². The number of hydrogen-bond donors (Lipinski definition) is 1. The molecule has 0 saturated carbocycles. The fraction of sp³-hybridized carbons (Fsp3) is 0.571. The Kier molecular flexibility index (Phi) is 6.86. The van der Waals surface area contributed by atoms with Gasteiger partial charge in [0.2, 0.25) is 0 Å². The summed E-state index contributed by atoms with van der Waals surface area (Å²) in [5.74, 6) is 0. The molecule has 1 rings (SSSR count). The van der Waals surface area contributed by atoms with E-state index in [1.807, 2.05) is 6.07 Å². The van der Waals surface area contributed by atoms with Gasteiger partial charge >= 0.3 is 0 Å². The number of nitrogens with one attached hydrogen (secondary N) is 1. The van der Waals surface area contributed by atoms with E-state index in [1.165, 1.54) is 5.56 Å². The van der Waals surface area contributed by atoms with Crippen molar-refractivity contribution in [2.45, 2.75) is 32.1 Å². The minimum Gasteiger partial charge on any atom is -0.354 e. The molecule has 0 amide bonds. The third-order valence-corrected chi connectivity index (χ3v) is 2.85. The summed E-state index contributed by atoms with van der Waals surface area (Å²) in [6, 6.07) is 10.7. The highest BCUT2D eigenvalue weighted by Gasteiger charge is 2.19. The van der Waals surface area contributed by atoms with Gasteiger partial charge in [-0.2, -0.15) is 0 Å². The van der Waals surface area contributed by atoms with Crippen LogP contribution in [-0.4, -0.2) is 33.1 Å². The molecule has 0 bridgehead atoms. The van der Waals surface area contributed by atoms with Crippen LogP contribution in [-0.2, 0) is 15.9 Å². The lowest BCUT2D eigenvalue weighted by Gasteiger charge is -2.25. The van der Waals surface area contributed by atoms with Gasteiger partial charge in [0.25, 0.3) is 0 Å². The predicted molar refractivity (Wildman–Crippen MR) is 70.0 cm³/mol. The van der Waals surface area contributed by atoms with E-state index in [0.29, 0.717) is 0 Å². The number of likely N-dealkylation sites (N-methyl/N-ethyl adjacent to an activating group) is 1. The lowest BCUT2D eigenvalue weighted by Crippen LogP contribution is -2.42. The van der Waals surface area contributed by atoms with Crippen molar-refractivity contribution in [3.8, 4) is 0 Å². The smallest absolute Gasteiger partial charge is 0.171 e. The Morgan fingerprint density at radius 3 is 2.29 bits per heavy atom. The highest BCUT2D eigenvalue weighted by atomic mass is 16.7. The zero-order valence-corrected chi connectivity index (χ0v) is 11.0. The van der Waals surface area contributed by atoms with Crippen molar-refractivity contribution in [2.24, 2.45) is 0 Å². The molecule has 1 N–H and O–H groups in total. The summed E-state index contributed by atoms with van der Waals surface area (Å²) in [6.07, 6.45) is 1.85. The number of rotatable bonds is 8. The fourth-order valence-electron chi connectivity index (χ4n) is 1.99. The summed E-state index contributed by atoms with van der Waals surface area (Å²) in [4.78, 5) is 0. The molecule has 0 aliphatic rings. The molecule has 0 spiro atoms. The number of aryl methyl sites for hydroxylation is 1. The topological polar surface area (TPSA) is 30.5 Å². The standard InChI is InChI=1S/C14H23NO2/c1-4-15-13(14(16-2)17-3)11-10-12-8-6-5-7-9-12/h5-9,13-15H,4,10-11H2,1-3H3. The van der Waals surface area contributed by atoms with E-state index in [-0.39, 0.29) is 12.3 Å². The average Bonchev–Trinajstić information content (AvgIpc) is 2.38. The summed E-state index contributed by atoms with van der Waals surface area (Å²) < 4.78 is 10.6. The number of ether oxygens (including phenoxy) is 2. The fourth-order valence-corrected chi connectivity index (χ4v) is 1.99. The van der Waals surface area contributed by atoms with Crippen LogP contribution in [0, 0.1) is 0 Å². The quantitative estimate of drug-likeness (QED) is 0.703. The van der Waals surface area contributed by atoms with Crippen molar-refractivity contribution in [1.82, 2.24) is 5.32 Å². The Balaban J connectivity index is 2.49. The van der Waals surface area contributed by atoms with Gasteiger partial charge in [-0.15, -0.1) is 0 Å². The predicted octanol–water partition coefficient (Wildman–Crippen LogP) is 2.22. The molecular formula is C14H23NO2. The van der Waals surface area contributed by atoms with Gasteiger partial charge in [0.15, 0.2) is 6.29 Å². The van der Waals surface area contributed by atoms with E-state index in [2.05, 4.69) is 36.5 Å². The van der Waals surface area contributed by atoms with E-state index >= 15 is 0 Å². The number of benzene rings is 1. The van der Waals surface area contributed by atoms with Crippen molar-refractivity contribution in [1.29, 1.82) is 0 Å². The van der Waals surface area contributed by atoms with Gasteiger partial charge in [-0.1, -0.05) is 37.3 Å². The molecule has 0 aromatic heterocycles. The van der Waals surface area contributed by atoms with Crippen LogP contribution in [0.2, 0.25) is 0 Å². The van der Waals surface area contributed by atoms with Gasteiger partial charge in [-0.3, -0.25) is 0 Å². The Labute approximate surface area is 104 Å². The first kappa shape index (κ1) is 14.2. The first-order valence-electron chi connectivity index (χ1n) is 6.14. The Morgan fingerprint density at radius 1 is 1.12 bits per heavy atom. The Bertz CT molecular complexity index is 286. The maximum atomic E-state index is 5.32. The highest BCUT2D eigenvalue weighted by Crippen LogP contribution is 2.09. The van der Waals surface area contributed by atoms with Crippen molar-refractivity contribution < 1.29 is 9.47 Å². The monoisotopic (exact) mass is 237 g/mol. The lowest BCUT2D eigenvalue weighted by molar-refractivity contribution is -0.123. The molecule has 0 fully saturated rings. The van der Waals surface area contributed by atoms with Crippen molar-refractivity contribution in [3.05, 3.63) is 35.9 Å². The van der Waals surface area contributed by atoms with Crippen LogP contribution in [0.25, 0.3) is 0 Å². The molecule has 1 aromatic carbocycles. The average molecular weight is 237 g/mol. The summed E-state index contributed by atoms with van der Waals surface area (Å²) in [5.41, 5.74) is 1.35. The van der Waals surface area contributed by atoms with Crippen molar-refractivity contribution in [3.63, 3.8) is 0 Å². The summed E-state index contributed by atoms with van der Waals surface area (Å²) in [6.45, 7) is 3.01. The number of hydrogen-bond acceptors (Lipinski definition) is 3. The molecule has 3 heteroatoms. The van der Waals surface area contributed by atoms with E-state index in [1.54, 1.807) is 14.2 Å². The first-order chi connectivity index (χ1) is 8.31. The van der Waals surface area contributed by atoms with Crippen LogP contribution in [0.15, 0.2) is 30.3 Å². The third-order valence-electron chi connectivity index (χ3n) is 2.85. The molecule has 1 aromatic rings. The van der Waals surface area contributed by atoms with Crippen LogP contribution in [0.3, 0.4) is 0 Å². The minimum atomic E-state index is -0.182. The normalized spacial score (nSPS) is 12.9. The van der Waals surface area contributed by atoms with Crippen LogP contribution < -0.4 is 5.32 Å². The van der Waals surface area contributed by atoms with Crippen LogP contribution in [0.5, 0.6) is 0 Å². The maximum absolute atomic E-state index is 5.32. The molecule has 96 valence electrons. The molecular weight excluding hydrogens is 214 g/mol. The molecule has 0 heterocycles. The zero-order chi connectivity index (χ0) is 12.5. The van der Waals surface area contributed by atoms with Gasteiger partial charge in [-0.05, 0) is 24.9 Å². The van der Waals surface area contributed by atoms with Crippen molar-refractivity contribution in [2.75, 3.05) is 20.8 Å². The van der Waals surface area contributed by atoms with Gasteiger partial charge in [0, 0.05) is 14.2 Å². The van der Waals surface area contributed by atoms with Gasteiger partial charge < -0.3 is 14.8 Å². The zero-order valence-electron chi connectivity index (χ0n) is 11.0. The first-order valence-corrected chi connectivity index (χ1v) is 6.14. The van der Waals surface area contributed by atoms with Gasteiger partial charge in [0.1, 0.15) is 0 Å². The van der Waals surface area contributed by atoms with E-state index in [0.717, 1.165) is 19.4 Å². The second-order valence-corrected chi connectivity index (χ2v) is 4.03. The maximum Gasteiger partial charge on any atom is 0.171 e. The van der Waals surface area contributed by atoms with E-state index in [9.17, 15) is 0 Å². The highest BCUT2D eigenvalue weighted by molar-refractivity contribution is 5.14. The van der Waals surface area contributed by atoms with Crippen LogP contribution in [0.4, 0.5) is 0 Å². The molecule has 0 saturated heterocycles. The summed E-state index contributed by atoms with van der Waals surface area (Å²) in [7, 11) is 3.36. The van der Waals surface area contributed by atoms with Crippen LogP contribution >= 0.6 is 0 Å². The molecule has 17 heavy (non-hydrogen) atoms. The lowest BCUT2D eigenvalue weighted by atomic mass is 10.0. The molecule has 3 nitrogen and oxygen atoms in total. The molecule has 0 aliphatic carbocycles. The Morgan fingerprint density at radius 2 is 1.76 bits per heavy atom. The summed E-state index contributed by atoms with van der Waals surface area (Å²) >= 11 is 0. The molecule has 0 radical (unpaired) electrons. The molecule has 1 unspecified atom stereocenters. The van der Waals surface area contributed by atoms with Gasteiger partial charge in [0.05, 0.1) is 6.04 Å². The second-order valence-electron chi connectivity index (χ2n) is 4.03. The van der Waals surface area contributed by atoms with E-state index in [4.69, 9.17) is 9.47 Å². The Hall–Kier alpha value is -0.900. The molecule has 1 atom stereocenters. The minimum absolute atomic E-state index is 0.182.